The molecule has 0 amide bonds. The number of hydrogen-bond acceptors (Lipinski definition) is 6. The third-order valence-corrected chi connectivity index (χ3v) is 8.69. The first-order valence-electron chi connectivity index (χ1n) is 19.3. The van der Waals surface area contributed by atoms with Gasteiger partial charge in [-0.3, -0.25) is 9.59 Å². The third-order valence-electron chi connectivity index (χ3n) is 8.69. The van der Waals surface area contributed by atoms with Crippen LogP contribution in [0.3, 0.4) is 0 Å². The zero-order valence-electron chi connectivity index (χ0n) is 29.9. The monoisotopic (exact) mass is 677 g/mol. The van der Waals surface area contributed by atoms with Gasteiger partial charge in [-0.25, -0.2) is 0 Å². The van der Waals surface area contributed by atoms with Crippen molar-refractivity contribution in [2.75, 3.05) is 0 Å². The van der Waals surface area contributed by atoms with Crippen LogP contribution in [0.2, 0.25) is 0 Å². The molecule has 0 heterocycles. The molecule has 0 unspecified atom stereocenters. The van der Waals surface area contributed by atoms with E-state index in [4.69, 9.17) is 14.8 Å². The number of rotatable bonds is 34. The van der Waals surface area contributed by atoms with Crippen molar-refractivity contribution in [2.45, 2.75) is 219 Å². The topological polar surface area (TPSA) is 115 Å². The molecule has 7 heteroatoms. The fraction of sp³-hybridized carbons (Fsp3) is 0.895. The van der Waals surface area contributed by atoms with E-state index in [2.05, 4.69) is 20.4 Å². The minimum absolute atomic E-state index is 0.0133. The van der Waals surface area contributed by atoms with Gasteiger partial charge in [0.2, 0.25) is 0 Å². The van der Waals surface area contributed by atoms with Crippen LogP contribution in [0.5, 0.6) is 0 Å². The quantitative estimate of drug-likeness (QED) is 0.0177. The van der Waals surface area contributed by atoms with E-state index in [1.807, 2.05) is 0 Å². The summed E-state index contributed by atoms with van der Waals surface area (Å²) in [4.78, 5) is 24.7. The van der Waals surface area contributed by atoms with Crippen LogP contribution in [0, 0.1) is 0 Å². The van der Waals surface area contributed by atoms with Crippen molar-refractivity contribution >= 4 is 11.6 Å². The van der Waals surface area contributed by atoms with Gasteiger partial charge in [-0.2, -0.15) is 0 Å². The molecule has 0 radical (unpaired) electrons. The zero-order chi connectivity index (χ0) is 33.9. The van der Waals surface area contributed by atoms with Gasteiger partial charge in [-0.15, -0.1) is 0 Å². The van der Waals surface area contributed by atoms with Crippen LogP contribution < -0.4 is 0 Å². The summed E-state index contributed by atoms with van der Waals surface area (Å²) in [6, 6.07) is 0. The molecule has 0 fully saturated rings. The summed E-state index contributed by atoms with van der Waals surface area (Å²) in [7, 11) is 0. The van der Waals surface area contributed by atoms with Gasteiger partial charge in [0, 0.05) is 12.8 Å². The molecule has 268 valence electrons. The van der Waals surface area contributed by atoms with Crippen LogP contribution in [0.1, 0.15) is 219 Å². The van der Waals surface area contributed by atoms with Crippen LogP contribution in [-0.2, 0) is 27.7 Å². The van der Waals surface area contributed by atoms with Gasteiger partial charge >= 0.3 is 32.9 Å². The van der Waals surface area contributed by atoms with Crippen LogP contribution in [-0.4, -0.2) is 26.3 Å². The van der Waals surface area contributed by atoms with Gasteiger partial charge in [0.15, 0.2) is 11.6 Å². The van der Waals surface area contributed by atoms with E-state index in [-0.39, 0.29) is 17.1 Å². The molecule has 0 saturated heterocycles. The molecule has 0 aliphatic heterocycles. The maximum absolute atomic E-state index is 12.4. The number of carbonyl (C=O) groups excluding carboxylic acids is 2. The summed E-state index contributed by atoms with van der Waals surface area (Å²) in [5.41, 5.74) is 0.260. The van der Waals surface area contributed by atoms with Gasteiger partial charge < -0.3 is 0 Å². The maximum atomic E-state index is 12.4. The van der Waals surface area contributed by atoms with E-state index in [0.717, 1.165) is 25.7 Å². The van der Waals surface area contributed by atoms with E-state index in [1.165, 1.54) is 167 Å². The van der Waals surface area contributed by atoms with Crippen molar-refractivity contribution in [2.24, 2.45) is 0 Å². The van der Waals surface area contributed by atoms with Gasteiger partial charge in [-0.1, -0.05) is 200 Å². The minimum atomic E-state index is -5.00. The molecule has 4 N–H and O–H groups in total. The summed E-state index contributed by atoms with van der Waals surface area (Å²) in [6.45, 7) is 8.39. The number of unbranched alkanes of at least 4 members (excludes halogenated alkanes) is 28. The van der Waals surface area contributed by atoms with E-state index in [9.17, 15) is 9.59 Å². The van der Waals surface area contributed by atoms with Gasteiger partial charge in [-0.05, 0) is 12.8 Å². The molecule has 0 aromatic carbocycles. The van der Waals surface area contributed by atoms with E-state index in [0.29, 0.717) is 12.8 Å². The molecule has 0 aromatic heterocycles. The Balaban J connectivity index is 0. The summed E-state index contributed by atoms with van der Waals surface area (Å²) >= 11 is -5.00. The number of Topliss-reactive ketones (excluding diaryl/α,β-unsaturated/α-hetero) is 2. The first-order valence-corrected chi connectivity index (χ1v) is 22.1. The SMILES string of the molecule is C=C(C(=O)CCCCCCCCCCCCCCCCC)C(=O)CCCCCCCCCCCCCCCCC.[OH][Ti]([OH])([OH])[OH]. The van der Waals surface area contributed by atoms with E-state index >= 15 is 0 Å². The molecule has 6 nitrogen and oxygen atoms in total. The second kappa shape index (κ2) is 36.5. The molecular formula is C38H76O6Ti. The predicted molar refractivity (Wildman–Crippen MR) is 187 cm³/mol. The molecule has 0 aliphatic rings. The van der Waals surface area contributed by atoms with Crippen LogP contribution in [0.15, 0.2) is 12.2 Å². The molecular weight excluding hydrogens is 600 g/mol. The number of hydrogen-bond donors (Lipinski definition) is 4. The van der Waals surface area contributed by atoms with Crippen molar-refractivity contribution < 1.29 is 42.5 Å². The van der Waals surface area contributed by atoms with E-state index in [1.54, 1.807) is 0 Å². The van der Waals surface area contributed by atoms with Crippen LogP contribution in [0.25, 0.3) is 0 Å². The summed E-state index contributed by atoms with van der Waals surface area (Å²) in [5.74, 6) is -0.0266. The van der Waals surface area contributed by atoms with Crippen molar-refractivity contribution in [1.82, 2.24) is 0 Å². The molecule has 0 aliphatic carbocycles. The Kier molecular flexibility index (Phi) is 37.9. The number of carbonyl (C=O) groups is 2. The Bertz CT molecular complexity index is 607. The first-order chi connectivity index (χ1) is 21.6. The Labute approximate surface area is 284 Å². The Hall–Kier alpha value is -0.366. The molecule has 0 atom stereocenters. The van der Waals surface area contributed by atoms with Crippen molar-refractivity contribution in [3.63, 3.8) is 0 Å². The average Bonchev–Trinajstić information content (AvgIpc) is 2.99. The second-order valence-corrected chi connectivity index (χ2v) is 15.2. The summed E-state index contributed by atoms with van der Waals surface area (Å²) in [6.07, 6.45) is 40.7. The predicted octanol–water partition coefficient (Wildman–Crippen LogP) is 11.0. The summed E-state index contributed by atoms with van der Waals surface area (Å²) in [5, 5.41) is 0. The molecule has 0 aromatic rings. The normalized spacial score (nSPS) is 11.3. The second-order valence-electron chi connectivity index (χ2n) is 13.3. The Morgan fingerprint density at radius 3 is 0.711 bits per heavy atom. The third kappa shape index (κ3) is 43.6. The molecule has 45 heavy (non-hydrogen) atoms. The fourth-order valence-electron chi connectivity index (χ4n) is 5.77. The molecule has 0 rings (SSSR count). The Morgan fingerprint density at radius 1 is 0.378 bits per heavy atom. The Morgan fingerprint density at radius 2 is 0.533 bits per heavy atom. The van der Waals surface area contributed by atoms with E-state index < -0.39 is 18.1 Å². The number of ketones is 2. The molecule has 0 spiro atoms. The van der Waals surface area contributed by atoms with Crippen LogP contribution in [0.4, 0.5) is 0 Å². The zero-order valence-corrected chi connectivity index (χ0v) is 31.5. The van der Waals surface area contributed by atoms with Crippen molar-refractivity contribution in [1.29, 1.82) is 0 Å². The standard InChI is InChI=1S/C38H72O2.4H2O.Ti/c1-4-6-8-10-12-14-16-18-20-22-24-26-28-30-32-34-37(39)36(3)38(40)35-33-31-29-27-25-23-21-19-17-15-13-11-9-7-5-2;;;;;/h3-35H2,1-2H3;4*1H2;/q;;;;;+4/p-4. The molecule has 0 bridgehead atoms. The van der Waals surface area contributed by atoms with Gasteiger partial charge in [0.25, 0.3) is 0 Å². The van der Waals surface area contributed by atoms with Crippen molar-refractivity contribution in [3.05, 3.63) is 12.2 Å². The number of allylic oxidation sites excluding steroid dienone is 1. The van der Waals surface area contributed by atoms with Gasteiger partial charge in [0.1, 0.15) is 0 Å². The average molecular weight is 677 g/mol. The molecule has 0 saturated carbocycles. The fourth-order valence-corrected chi connectivity index (χ4v) is 5.77. The first kappa shape index (κ1) is 46.8. The van der Waals surface area contributed by atoms with Crippen molar-refractivity contribution in [3.8, 4) is 0 Å². The van der Waals surface area contributed by atoms with Gasteiger partial charge in [0.05, 0.1) is 5.57 Å². The summed E-state index contributed by atoms with van der Waals surface area (Å²) < 4.78 is 29.5. The van der Waals surface area contributed by atoms with Crippen LogP contribution >= 0.6 is 0 Å².